The molecule has 3 aromatic rings. The number of nitrogens with one attached hydrogen (secondary N) is 1. The Kier molecular flexibility index (Phi) is 5.15. The summed E-state index contributed by atoms with van der Waals surface area (Å²) in [4.78, 5) is 57.8. The van der Waals surface area contributed by atoms with Crippen molar-refractivity contribution >= 4 is 52.0 Å². The van der Waals surface area contributed by atoms with Crippen LogP contribution in [0.5, 0.6) is 0 Å². The lowest BCUT2D eigenvalue weighted by Crippen LogP contribution is -2.42. The molecule has 4 aliphatic rings. The maximum atomic E-state index is 13.8. The zero-order chi connectivity index (χ0) is 26.5. The first-order chi connectivity index (χ1) is 18.2. The summed E-state index contributed by atoms with van der Waals surface area (Å²) in [6, 6.07) is 14.0. The Hall–Kier alpha value is -3.44. The number of benzene rings is 2. The number of carbonyl (C=O) groups is 2. The van der Waals surface area contributed by atoms with Crippen molar-refractivity contribution in [1.82, 2.24) is 4.98 Å². The van der Waals surface area contributed by atoms with Crippen LogP contribution in [-0.4, -0.2) is 41.1 Å². The number of rotatable bonds is 4. The van der Waals surface area contributed by atoms with Crippen LogP contribution in [0.15, 0.2) is 58.4 Å². The summed E-state index contributed by atoms with van der Waals surface area (Å²) < 4.78 is 0. The minimum absolute atomic E-state index is 0.0193. The fourth-order valence-corrected chi connectivity index (χ4v) is 10.2. The third-order valence-corrected chi connectivity index (χ3v) is 11.4. The van der Waals surface area contributed by atoms with Crippen LogP contribution >= 0.6 is 23.1 Å². The lowest BCUT2D eigenvalue weighted by molar-refractivity contribution is -0.384. The molecule has 2 amide bonds. The molecule has 2 saturated carbocycles. The van der Waals surface area contributed by atoms with Crippen molar-refractivity contribution in [1.29, 1.82) is 0 Å². The number of H-pyrrole nitrogens is 1. The molecule has 2 aliphatic heterocycles. The van der Waals surface area contributed by atoms with Gasteiger partial charge < -0.3 is 9.88 Å². The van der Waals surface area contributed by atoms with Gasteiger partial charge in [-0.1, -0.05) is 23.5 Å². The van der Waals surface area contributed by atoms with Crippen molar-refractivity contribution in [3.05, 3.63) is 78.8 Å². The molecule has 194 valence electrons. The van der Waals surface area contributed by atoms with E-state index in [0.29, 0.717) is 5.69 Å². The number of nitro groups is 1. The zero-order valence-corrected chi connectivity index (χ0v) is 22.2. The van der Waals surface area contributed by atoms with E-state index in [-0.39, 0.29) is 51.3 Å². The average Bonchev–Trinajstić information content (AvgIpc) is 3.63. The number of amides is 2. The summed E-state index contributed by atoms with van der Waals surface area (Å²) in [5, 5.41) is 12.1. The Morgan fingerprint density at radius 3 is 2.26 bits per heavy atom. The maximum absolute atomic E-state index is 13.8. The van der Waals surface area contributed by atoms with E-state index in [1.807, 2.05) is 19.0 Å². The Balaban J connectivity index is 1.28. The topological polar surface area (TPSA) is 117 Å². The third kappa shape index (κ3) is 3.21. The highest BCUT2D eigenvalue weighted by Gasteiger charge is 2.69. The molecule has 11 heteroatoms. The normalized spacial score (nSPS) is 30.8. The quantitative estimate of drug-likeness (QED) is 0.297. The number of carbonyl (C=O) groups excluding carboxylic acids is 2. The van der Waals surface area contributed by atoms with Crippen LogP contribution in [0.1, 0.15) is 22.8 Å². The Morgan fingerprint density at radius 1 is 0.974 bits per heavy atom. The van der Waals surface area contributed by atoms with Gasteiger partial charge in [0.2, 0.25) is 11.8 Å². The summed E-state index contributed by atoms with van der Waals surface area (Å²) in [5.41, 5.74) is 2.50. The number of imide groups is 1. The number of aromatic amines is 1. The molecular weight excluding hydrogens is 524 g/mol. The van der Waals surface area contributed by atoms with E-state index in [2.05, 4.69) is 29.2 Å². The Morgan fingerprint density at radius 2 is 1.63 bits per heavy atom. The summed E-state index contributed by atoms with van der Waals surface area (Å²) in [5.74, 6) is -1.08. The van der Waals surface area contributed by atoms with Gasteiger partial charge in [0.1, 0.15) is 0 Å². The molecule has 2 aliphatic carbocycles. The molecule has 3 fully saturated rings. The summed E-state index contributed by atoms with van der Waals surface area (Å²) in [6.07, 6.45) is 0.814. The number of nitro benzene ring substituents is 1. The minimum atomic E-state index is -0.498. The number of hydrogen-bond acceptors (Lipinski definition) is 8. The first-order valence-corrected chi connectivity index (χ1v) is 14.2. The first-order valence-electron chi connectivity index (χ1n) is 12.5. The van der Waals surface area contributed by atoms with Crippen LogP contribution in [-0.2, 0) is 9.59 Å². The number of hydrogen-bond donors (Lipinski definition) is 1. The smallest absolute Gasteiger partial charge is 0.305 e. The number of anilines is 2. The van der Waals surface area contributed by atoms with Gasteiger partial charge in [0.15, 0.2) is 0 Å². The van der Waals surface area contributed by atoms with Gasteiger partial charge in [0, 0.05) is 48.0 Å². The van der Waals surface area contributed by atoms with E-state index in [9.17, 15) is 24.5 Å². The Bertz CT molecular complexity index is 1550. The van der Waals surface area contributed by atoms with E-state index < -0.39 is 16.8 Å². The Labute approximate surface area is 226 Å². The number of non-ortho nitro benzene ring substituents is 1. The molecule has 6 unspecified atom stereocenters. The number of thiazole rings is 1. The van der Waals surface area contributed by atoms with Crippen LogP contribution in [0.4, 0.5) is 17.1 Å². The van der Waals surface area contributed by atoms with Crippen LogP contribution in [0.25, 0.3) is 0 Å². The maximum Gasteiger partial charge on any atom is 0.305 e. The number of thioether (sulfide) groups is 1. The molecule has 0 radical (unpaired) electrons. The van der Waals surface area contributed by atoms with Crippen molar-refractivity contribution in [3.63, 3.8) is 0 Å². The average molecular weight is 549 g/mol. The minimum Gasteiger partial charge on any atom is -0.378 e. The second-order valence-corrected chi connectivity index (χ2v) is 12.9. The summed E-state index contributed by atoms with van der Waals surface area (Å²) >= 11 is 2.91. The van der Waals surface area contributed by atoms with Gasteiger partial charge in [-0.25, -0.2) is 0 Å². The molecule has 7 atom stereocenters. The SMILES string of the molecule is CN(C)c1ccc(C2c3sc(=O)[nH]c3SC3C4CC(C5C(=O)N(c6ccc([N+](=O)[O-])cc6)C(=O)C45)[C@@H]23)cc1. The second-order valence-electron chi connectivity index (χ2n) is 10.7. The molecule has 2 bridgehead atoms. The highest BCUT2D eigenvalue weighted by Crippen LogP contribution is 2.68. The number of nitrogens with zero attached hydrogens (tertiary/aromatic N) is 3. The third-order valence-electron chi connectivity index (χ3n) is 8.81. The molecule has 2 aromatic carbocycles. The molecule has 1 saturated heterocycles. The highest BCUT2D eigenvalue weighted by atomic mass is 32.2. The zero-order valence-electron chi connectivity index (χ0n) is 20.6. The van der Waals surface area contributed by atoms with E-state index in [1.54, 1.807) is 11.8 Å². The summed E-state index contributed by atoms with van der Waals surface area (Å²) in [7, 11) is 3.99. The molecular formula is C27H24N4O5S2. The van der Waals surface area contributed by atoms with Gasteiger partial charge in [0.05, 0.1) is 27.5 Å². The van der Waals surface area contributed by atoms with E-state index >= 15 is 0 Å². The lowest BCUT2D eigenvalue weighted by atomic mass is 9.68. The van der Waals surface area contributed by atoms with Gasteiger partial charge in [0.25, 0.3) is 5.69 Å². The summed E-state index contributed by atoms with van der Waals surface area (Å²) in [6.45, 7) is 0. The van der Waals surface area contributed by atoms with Gasteiger partial charge in [-0.3, -0.25) is 29.4 Å². The molecule has 3 heterocycles. The molecule has 1 N–H and O–H groups in total. The van der Waals surface area contributed by atoms with Gasteiger partial charge in [-0.2, -0.15) is 0 Å². The molecule has 9 nitrogen and oxygen atoms in total. The van der Waals surface area contributed by atoms with Gasteiger partial charge >= 0.3 is 4.87 Å². The first kappa shape index (κ1) is 23.7. The van der Waals surface area contributed by atoms with Crippen molar-refractivity contribution < 1.29 is 14.5 Å². The van der Waals surface area contributed by atoms with Crippen LogP contribution < -0.4 is 14.7 Å². The van der Waals surface area contributed by atoms with E-state index in [0.717, 1.165) is 27.6 Å². The van der Waals surface area contributed by atoms with E-state index in [1.165, 1.54) is 40.5 Å². The van der Waals surface area contributed by atoms with Crippen LogP contribution in [0.2, 0.25) is 0 Å². The van der Waals surface area contributed by atoms with Crippen LogP contribution in [0.3, 0.4) is 0 Å². The fourth-order valence-electron chi connectivity index (χ4n) is 7.35. The predicted octanol–water partition coefficient (Wildman–Crippen LogP) is 4.09. The molecule has 38 heavy (non-hydrogen) atoms. The molecule has 1 aromatic heterocycles. The predicted molar refractivity (Wildman–Crippen MR) is 145 cm³/mol. The van der Waals surface area contributed by atoms with Crippen molar-refractivity contribution in [2.45, 2.75) is 22.6 Å². The van der Waals surface area contributed by atoms with Crippen molar-refractivity contribution in [3.8, 4) is 0 Å². The second kappa shape index (κ2) is 8.28. The van der Waals surface area contributed by atoms with Gasteiger partial charge in [-0.05, 0) is 54.0 Å². The lowest BCUT2D eigenvalue weighted by Gasteiger charge is -2.43. The van der Waals surface area contributed by atoms with Gasteiger partial charge in [-0.15, -0.1) is 11.8 Å². The fraction of sp³-hybridized carbons (Fsp3) is 0.370. The highest BCUT2D eigenvalue weighted by molar-refractivity contribution is 8.00. The number of aromatic nitrogens is 1. The monoisotopic (exact) mass is 548 g/mol. The molecule has 7 rings (SSSR count). The standard InChI is InChI=1S/C27H24N4O5S2/c1-29(2)13-5-3-12(4-6-13)18-19-16-11-17(22(19)37-24-23(18)38-27(34)28-24)21-20(16)25(32)30(26(21)33)14-7-9-15(10-8-14)31(35)36/h3-10,16-22H,11H2,1-2H3,(H,28,34)/t16?,17?,18?,19-,20?,21?,22?/m0/s1. The number of fused-ring (bicyclic) bond motifs is 9. The molecule has 0 spiro atoms. The van der Waals surface area contributed by atoms with E-state index in [4.69, 9.17) is 0 Å². The van der Waals surface area contributed by atoms with Crippen LogP contribution in [0, 0.1) is 39.7 Å². The van der Waals surface area contributed by atoms with Crippen molar-refractivity contribution in [2.24, 2.45) is 29.6 Å². The largest absolute Gasteiger partial charge is 0.378 e. The van der Waals surface area contributed by atoms with Crippen molar-refractivity contribution in [2.75, 3.05) is 23.9 Å².